The number of hydrogen-bond acceptors (Lipinski definition) is 7. The molecule has 0 aromatic carbocycles. The Morgan fingerprint density at radius 2 is 1.96 bits per heavy atom. The zero-order valence-electron chi connectivity index (χ0n) is 14.9. The molecule has 13 nitrogen and oxygen atoms in total. The molecule has 2 saturated heterocycles. The van der Waals surface area contributed by atoms with Crippen molar-refractivity contribution < 1.29 is 39.0 Å². The number of rotatable bonds is 7. The highest BCUT2D eigenvalue weighted by molar-refractivity contribution is 5.92. The molecule has 2 fully saturated rings. The van der Waals surface area contributed by atoms with Gasteiger partial charge in [-0.1, -0.05) is 0 Å². The molecule has 4 N–H and O–H groups in total. The zero-order valence-corrected chi connectivity index (χ0v) is 14.9. The van der Waals surface area contributed by atoms with E-state index in [9.17, 15) is 28.8 Å². The van der Waals surface area contributed by atoms with Crippen LogP contribution in [0.15, 0.2) is 0 Å². The third kappa shape index (κ3) is 4.73. The topological polar surface area (TPSA) is 177 Å². The lowest BCUT2D eigenvalue weighted by Crippen LogP contribution is -2.65. The van der Waals surface area contributed by atoms with E-state index in [4.69, 9.17) is 10.2 Å². The molecule has 0 bridgehead atoms. The van der Waals surface area contributed by atoms with Gasteiger partial charge in [-0.2, -0.15) is 0 Å². The third-order valence-electron chi connectivity index (χ3n) is 4.26. The number of aliphatic hydroxyl groups excluding tert-OH is 1. The number of urea groups is 1. The van der Waals surface area contributed by atoms with Crippen LogP contribution in [-0.4, -0.2) is 93.0 Å². The molecule has 2 atom stereocenters. The van der Waals surface area contributed by atoms with Gasteiger partial charge in [-0.05, 0) is 12.8 Å². The van der Waals surface area contributed by atoms with Crippen LogP contribution in [0.5, 0.6) is 0 Å². The normalized spacial score (nSPS) is 20.8. The first-order valence-corrected chi connectivity index (χ1v) is 8.57. The highest BCUT2D eigenvalue weighted by Crippen LogP contribution is 2.23. The van der Waals surface area contributed by atoms with Crippen LogP contribution in [-0.2, 0) is 24.0 Å². The summed E-state index contributed by atoms with van der Waals surface area (Å²) in [5, 5.41) is 22.7. The minimum Gasteiger partial charge on any atom is -0.481 e. The molecule has 0 aromatic heterocycles. The molecule has 0 radical (unpaired) electrons. The van der Waals surface area contributed by atoms with Crippen molar-refractivity contribution in [2.45, 2.75) is 37.8 Å². The Kier molecular flexibility index (Phi) is 6.87. The summed E-state index contributed by atoms with van der Waals surface area (Å²) in [6.45, 7) is -0.843. The Bertz CT molecular complexity index is 683. The number of carbonyl (C=O) groups excluding carboxylic acids is 5. The predicted molar refractivity (Wildman–Crippen MR) is 88.8 cm³/mol. The number of aliphatic hydroxyl groups is 1. The van der Waals surface area contributed by atoms with Crippen LogP contribution < -0.4 is 10.7 Å². The quantitative estimate of drug-likeness (QED) is 0.332. The van der Waals surface area contributed by atoms with Crippen molar-refractivity contribution in [3.05, 3.63) is 0 Å². The Labute approximate surface area is 159 Å². The number of hydrogen-bond donors (Lipinski definition) is 4. The van der Waals surface area contributed by atoms with Gasteiger partial charge in [0.05, 0.1) is 19.0 Å². The standard InChI is InChI=1S/C15H21N5O8/c21-7-9(6-13(25)26)16-14(27)10-2-1-4-19-12(24)3-5-18(15(28)20(10)19)17-11(23)8-22/h7,9-10,22H,1-6,8H2,(H,16,27)(H,17,23)(H,25,26). The van der Waals surface area contributed by atoms with Gasteiger partial charge in [0, 0.05) is 13.0 Å². The average molecular weight is 399 g/mol. The van der Waals surface area contributed by atoms with Gasteiger partial charge in [-0.3, -0.25) is 24.6 Å². The second-order valence-electron chi connectivity index (χ2n) is 6.25. The molecule has 2 heterocycles. The number of aliphatic carboxylic acids is 1. The summed E-state index contributed by atoms with van der Waals surface area (Å²) in [7, 11) is 0. The number of carboxylic acids is 1. The molecule has 2 unspecified atom stereocenters. The summed E-state index contributed by atoms with van der Waals surface area (Å²) in [6.07, 6.45) is 0.106. The maximum absolute atomic E-state index is 12.8. The number of carboxylic acid groups (broad SMARTS) is 1. The van der Waals surface area contributed by atoms with Crippen LogP contribution in [0.4, 0.5) is 4.79 Å². The van der Waals surface area contributed by atoms with Crippen LogP contribution >= 0.6 is 0 Å². The van der Waals surface area contributed by atoms with Gasteiger partial charge in [-0.15, -0.1) is 0 Å². The molecule has 2 aliphatic heterocycles. The number of amides is 5. The third-order valence-corrected chi connectivity index (χ3v) is 4.26. The van der Waals surface area contributed by atoms with E-state index in [0.717, 1.165) is 15.0 Å². The first kappa shape index (κ1) is 21.1. The fraction of sp³-hybridized carbons (Fsp3) is 0.600. The molecular weight excluding hydrogens is 378 g/mol. The number of carbonyl (C=O) groups is 6. The van der Waals surface area contributed by atoms with Crippen LogP contribution in [0.2, 0.25) is 0 Å². The molecule has 0 saturated carbocycles. The lowest BCUT2D eigenvalue weighted by atomic mass is 10.1. The summed E-state index contributed by atoms with van der Waals surface area (Å²) in [4.78, 5) is 71.0. The maximum atomic E-state index is 12.8. The van der Waals surface area contributed by atoms with Crippen molar-refractivity contribution in [3.63, 3.8) is 0 Å². The van der Waals surface area contributed by atoms with E-state index < -0.39 is 54.8 Å². The fourth-order valence-corrected chi connectivity index (χ4v) is 3.00. The molecular formula is C15H21N5O8. The van der Waals surface area contributed by atoms with Crippen molar-refractivity contribution in [2.24, 2.45) is 0 Å². The maximum Gasteiger partial charge on any atom is 0.358 e. The van der Waals surface area contributed by atoms with Crippen molar-refractivity contribution in [3.8, 4) is 0 Å². The Morgan fingerprint density at radius 3 is 2.57 bits per heavy atom. The Balaban J connectivity index is 2.24. The van der Waals surface area contributed by atoms with Gasteiger partial charge < -0.3 is 20.3 Å². The number of aldehydes is 1. The van der Waals surface area contributed by atoms with Crippen LogP contribution in [0, 0.1) is 0 Å². The summed E-state index contributed by atoms with van der Waals surface area (Å²) >= 11 is 0. The van der Waals surface area contributed by atoms with Gasteiger partial charge in [0.2, 0.25) is 11.8 Å². The molecule has 2 rings (SSSR count). The van der Waals surface area contributed by atoms with Gasteiger partial charge in [0.1, 0.15) is 18.9 Å². The SMILES string of the molecule is O=CC(CC(=O)O)NC(=O)C1CCCN2C(=O)CCN(NC(=O)CO)C(=O)N12. The predicted octanol–water partition coefficient (Wildman–Crippen LogP) is -2.80. The summed E-state index contributed by atoms with van der Waals surface area (Å²) in [6, 6.07) is -3.31. The van der Waals surface area contributed by atoms with Crippen LogP contribution in [0.3, 0.4) is 0 Å². The largest absolute Gasteiger partial charge is 0.481 e. The van der Waals surface area contributed by atoms with Gasteiger partial charge in [-0.25, -0.2) is 19.8 Å². The highest BCUT2D eigenvalue weighted by atomic mass is 16.4. The van der Waals surface area contributed by atoms with Crippen LogP contribution in [0.25, 0.3) is 0 Å². The van der Waals surface area contributed by atoms with Crippen molar-refractivity contribution in [1.29, 1.82) is 0 Å². The fourth-order valence-electron chi connectivity index (χ4n) is 3.00. The monoisotopic (exact) mass is 399 g/mol. The number of nitrogens with one attached hydrogen (secondary N) is 2. The zero-order chi connectivity index (χ0) is 20.8. The number of hydrazine groups is 2. The Hall–Kier alpha value is -3.22. The molecule has 2 aliphatic rings. The molecule has 0 aromatic rings. The van der Waals surface area contributed by atoms with E-state index in [1.165, 1.54) is 0 Å². The Morgan fingerprint density at radius 1 is 1.25 bits per heavy atom. The first-order valence-electron chi connectivity index (χ1n) is 8.57. The number of nitrogens with zero attached hydrogens (tertiary/aromatic N) is 3. The molecule has 28 heavy (non-hydrogen) atoms. The summed E-state index contributed by atoms with van der Waals surface area (Å²) in [5.41, 5.74) is 2.16. The highest BCUT2D eigenvalue weighted by Gasteiger charge is 2.44. The van der Waals surface area contributed by atoms with E-state index >= 15 is 0 Å². The van der Waals surface area contributed by atoms with Gasteiger partial charge in [0.15, 0.2) is 0 Å². The van der Waals surface area contributed by atoms with Crippen molar-refractivity contribution >= 4 is 36.0 Å². The van der Waals surface area contributed by atoms with E-state index in [1.54, 1.807) is 0 Å². The van der Waals surface area contributed by atoms with Crippen LogP contribution in [0.1, 0.15) is 25.7 Å². The molecule has 0 spiro atoms. The smallest absolute Gasteiger partial charge is 0.358 e. The second kappa shape index (κ2) is 9.12. The van der Waals surface area contributed by atoms with E-state index in [-0.39, 0.29) is 32.2 Å². The minimum atomic E-state index is -1.29. The lowest BCUT2D eigenvalue weighted by molar-refractivity contribution is -0.155. The van der Waals surface area contributed by atoms with Gasteiger partial charge in [0.25, 0.3) is 5.91 Å². The number of fused-ring (bicyclic) bond motifs is 1. The summed E-state index contributed by atoms with van der Waals surface area (Å²) in [5.74, 6) is -3.39. The second-order valence-corrected chi connectivity index (χ2v) is 6.25. The van der Waals surface area contributed by atoms with Crippen molar-refractivity contribution in [2.75, 3.05) is 19.7 Å². The van der Waals surface area contributed by atoms with E-state index in [0.29, 0.717) is 6.42 Å². The van der Waals surface area contributed by atoms with E-state index in [1.807, 2.05) is 0 Å². The first-order chi connectivity index (χ1) is 13.3. The molecule has 0 aliphatic carbocycles. The van der Waals surface area contributed by atoms with E-state index in [2.05, 4.69) is 10.7 Å². The van der Waals surface area contributed by atoms with Crippen molar-refractivity contribution in [1.82, 2.24) is 25.8 Å². The molecule has 154 valence electrons. The molecule has 13 heteroatoms. The van der Waals surface area contributed by atoms with Gasteiger partial charge >= 0.3 is 12.0 Å². The molecule has 5 amide bonds. The lowest BCUT2D eigenvalue weighted by Gasteiger charge is -2.42. The average Bonchev–Trinajstić information content (AvgIpc) is 2.78. The summed E-state index contributed by atoms with van der Waals surface area (Å²) < 4.78 is 0. The minimum absolute atomic E-state index is 0.113.